The molecule has 0 fully saturated rings. The van der Waals surface area contributed by atoms with Gasteiger partial charge in [0.15, 0.2) is 0 Å². The second kappa shape index (κ2) is 4.80. The van der Waals surface area contributed by atoms with Gasteiger partial charge in [-0.3, -0.25) is 0 Å². The van der Waals surface area contributed by atoms with Crippen molar-refractivity contribution < 1.29 is 21.6 Å². The van der Waals surface area contributed by atoms with Gasteiger partial charge in [0.05, 0.1) is 11.3 Å². The molecule has 0 aliphatic heterocycles. The highest BCUT2D eigenvalue weighted by Gasteiger charge is 2.33. The molecule has 1 aromatic rings. The summed E-state index contributed by atoms with van der Waals surface area (Å²) in [6.45, 7) is 1.31. The van der Waals surface area contributed by atoms with Crippen LogP contribution in [0.2, 0.25) is 0 Å². The number of hydrogen-bond acceptors (Lipinski definition) is 2. The maximum absolute atomic E-state index is 12.6. The van der Waals surface area contributed by atoms with Gasteiger partial charge in [0.2, 0.25) is 9.84 Å². The topological polar surface area (TPSA) is 34.1 Å². The van der Waals surface area contributed by atoms with Gasteiger partial charge >= 0.3 is 6.18 Å². The summed E-state index contributed by atoms with van der Waals surface area (Å²) >= 11 is 0. The van der Waals surface area contributed by atoms with Gasteiger partial charge in [0.25, 0.3) is 0 Å². The van der Waals surface area contributed by atoms with Gasteiger partial charge in [0, 0.05) is 5.25 Å². The molecule has 0 heterocycles. The fourth-order valence-corrected chi connectivity index (χ4v) is 2.36. The van der Waals surface area contributed by atoms with E-state index in [4.69, 9.17) is 0 Å². The van der Waals surface area contributed by atoms with E-state index in [1.165, 1.54) is 19.1 Å². The molecule has 0 aromatic heterocycles. The molecule has 92 valence electrons. The Bertz CT molecular complexity index is 562. The number of alkyl halides is 3. The Hall–Kier alpha value is -1.48. The zero-order valence-corrected chi connectivity index (χ0v) is 9.69. The second-order valence-corrected chi connectivity index (χ2v) is 4.99. The zero-order valence-electron chi connectivity index (χ0n) is 8.88. The Kier molecular flexibility index (Phi) is 3.83. The van der Waals surface area contributed by atoms with Gasteiger partial charge in [-0.1, -0.05) is 24.1 Å². The molecule has 1 aromatic carbocycles. The summed E-state index contributed by atoms with van der Waals surface area (Å²) in [5.41, 5.74) is -1.23. The molecule has 0 radical (unpaired) electrons. The summed E-state index contributed by atoms with van der Waals surface area (Å²) in [6.07, 6.45) is -4.56. The third-order valence-electron chi connectivity index (χ3n) is 1.93. The van der Waals surface area contributed by atoms with Crippen molar-refractivity contribution in [3.8, 4) is 11.2 Å². The maximum Gasteiger partial charge on any atom is 0.416 e. The summed E-state index contributed by atoms with van der Waals surface area (Å²) in [5, 5.41) is 1.90. The van der Waals surface area contributed by atoms with E-state index < -0.39 is 27.3 Å². The Labute approximate surface area is 97.4 Å². The molecule has 17 heavy (non-hydrogen) atoms. The predicted molar refractivity (Wildman–Crippen MR) is 57.5 cm³/mol. The van der Waals surface area contributed by atoms with Crippen LogP contribution < -0.4 is 0 Å². The monoisotopic (exact) mass is 262 g/mol. The maximum atomic E-state index is 12.6. The number of halogens is 3. The van der Waals surface area contributed by atoms with Gasteiger partial charge in [-0.15, -0.1) is 0 Å². The third kappa shape index (κ3) is 3.79. The highest BCUT2D eigenvalue weighted by Crippen LogP contribution is 2.32. The average Bonchev–Trinajstić information content (AvgIpc) is 2.15. The van der Waals surface area contributed by atoms with Crippen LogP contribution in [0.3, 0.4) is 0 Å². The number of rotatable bonds is 2. The van der Waals surface area contributed by atoms with Crippen molar-refractivity contribution in [3.63, 3.8) is 0 Å². The third-order valence-corrected chi connectivity index (χ3v) is 3.13. The summed E-state index contributed by atoms with van der Waals surface area (Å²) in [7, 11) is -3.83. The molecule has 6 heteroatoms. The van der Waals surface area contributed by atoms with E-state index in [2.05, 4.69) is 5.92 Å². The lowest BCUT2D eigenvalue weighted by molar-refractivity contribution is -0.138. The molecule has 0 N–H and O–H groups in total. The molecule has 0 aliphatic rings. The number of benzene rings is 1. The van der Waals surface area contributed by atoms with Crippen molar-refractivity contribution in [2.24, 2.45) is 0 Å². The molecule has 1 rings (SSSR count). The Balaban J connectivity index is 3.20. The first-order valence-electron chi connectivity index (χ1n) is 4.57. The van der Waals surface area contributed by atoms with Crippen molar-refractivity contribution in [2.75, 3.05) is 0 Å². The summed E-state index contributed by atoms with van der Waals surface area (Å²) in [6, 6.07) is 4.56. The standard InChI is InChI=1S/C11H9F3O2S/c1-2-7-17(15,16)8-9-5-3-4-6-10(9)11(12,13)14/h3-6H,8H2,1H3. The molecule has 0 saturated heterocycles. The molecular formula is C11H9F3O2S. The summed E-state index contributed by atoms with van der Waals surface area (Å²) < 4.78 is 60.4. The van der Waals surface area contributed by atoms with Gasteiger partial charge in [-0.2, -0.15) is 13.2 Å². The van der Waals surface area contributed by atoms with Crippen molar-refractivity contribution in [2.45, 2.75) is 18.9 Å². The highest BCUT2D eigenvalue weighted by atomic mass is 32.2. The first kappa shape index (κ1) is 13.6. The van der Waals surface area contributed by atoms with Crippen LogP contribution in [0.1, 0.15) is 18.1 Å². The molecule has 0 amide bonds. The number of sulfone groups is 1. The van der Waals surface area contributed by atoms with Crippen LogP contribution in [0.4, 0.5) is 13.2 Å². The first-order valence-corrected chi connectivity index (χ1v) is 6.23. The van der Waals surface area contributed by atoms with E-state index in [1.54, 1.807) is 0 Å². The molecule has 0 spiro atoms. The Morgan fingerprint density at radius 2 is 1.82 bits per heavy atom. The van der Waals surface area contributed by atoms with E-state index in [9.17, 15) is 21.6 Å². The SMILES string of the molecule is CC#CS(=O)(=O)Cc1ccccc1C(F)(F)F. The molecule has 2 nitrogen and oxygen atoms in total. The largest absolute Gasteiger partial charge is 0.416 e. The van der Waals surface area contributed by atoms with Crippen LogP contribution in [-0.2, 0) is 21.8 Å². The Morgan fingerprint density at radius 3 is 2.35 bits per heavy atom. The highest BCUT2D eigenvalue weighted by molar-refractivity contribution is 7.95. The molecule has 0 saturated carbocycles. The van der Waals surface area contributed by atoms with Crippen LogP contribution in [0.5, 0.6) is 0 Å². The van der Waals surface area contributed by atoms with E-state index in [-0.39, 0.29) is 5.56 Å². The van der Waals surface area contributed by atoms with Crippen LogP contribution in [0.15, 0.2) is 24.3 Å². The van der Waals surface area contributed by atoms with E-state index >= 15 is 0 Å². The fourth-order valence-electron chi connectivity index (χ4n) is 1.32. The number of hydrogen-bond donors (Lipinski definition) is 0. The van der Waals surface area contributed by atoms with Crippen LogP contribution in [0.25, 0.3) is 0 Å². The Morgan fingerprint density at radius 1 is 1.24 bits per heavy atom. The smallest absolute Gasteiger partial charge is 0.215 e. The van der Waals surface area contributed by atoms with Gasteiger partial charge in [0.1, 0.15) is 0 Å². The lowest BCUT2D eigenvalue weighted by Gasteiger charge is -2.11. The van der Waals surface area contributed by atoms with Gasteiger partial charge in [-0.05, 0) is 18.6 Å². The van der Waals surface area contributed by atoms with Crippen LogP contribution >= 0.6 is 0 Å². The van der Waals surface area contributed by atoms with Crippen molar-refractivity contribution in [1.29, 1.82) is 0 Å². The normalized spacial score (nSPS) is 11.8. The molecule has 0 unspecified atom stereocenters. The van der Waals surface area contributed by atoms with E-state index in [0.717, 1.165) is 12.1 Å². The lowest BCUT2D eigenvalue weighted by Crippen LogP contribution is -2.11. The van der Waals surface area contributed by atoms with Crippen molar-refractivity contribution >= 4 is 9.84 Å². The predicted octanol–water partition coefficient (Wildman–Crippen LogP) is 2.60. The van der Waals surface area contributed by atoms with E-state index in [0.29, 0.717) is 0 Å². The first-order chi connectivity index (χ1) is 7.76. The molecule has 0 atom stereocenters. The minimum atomic E-state index is -4.56. The zero-order chi connectivity index (χ0) is 13.1. The minimum Gasteiger partial charge on any atom is -0.215 e. The second-order valence-electron chi connectivity index (χ2n) is 3.27. The lowest BCUT2D eigenvalue weighted by atomic mass is 10.1. The molecule has 0 aliphatic carbocycles. The quantitative estimate of drug-likeness (QED) is 0.606. The van der Waals surface area contributed by atoms with Crippen LogP contribution in [-0.4, -0.2) is 8.42 Å². The van der Waals surface area contributed by atoms with Gasteiger partial charge in [-0.25, -0.2) is 8.42 Å². The van der Waals surface area contributed by atoms with Crippen molar-refractivity contribution in [1.82, 2.24) is 0 Å². The average molecular weight is 262 g/mol. The fraction of sp³-hybridized carbons (Fsp3) is 0.273. The minimum absolute atomic E-state index is 0.289. The summed E-state index contributed by atoms with van der Waals surface area (Å²) in [4.78, 5) is 0. The van der Waals surface area contributed by atoms with E-state index in [1.807, 2.05) is 5.25 Å². The van der Waals surface area contributed by atoms with Gasteiger partial charge < -0.3 is 0 Å². The molecular weight excluding hydrogens is 253 g/mol. The summed E-state index contributed by atoms with van der Waals surface area (Å²) in [5.74, 6) is 1.43. The molecule has 0 bridgehead atoms. The van der Waals surface area contributed by atoms with Crippen molar-refractivity contribution in [3.05, 3.63) is 35.4 Å². The van der Waals surface area contributed by atoms with Crippen LogP contribution in [0, 0.1) is 11.2 Å².